The van der Waals surface area contributed by atoms with Crippen LogP contribution in [-0.2, 0) is 4.79 Å². The van der Waals surface area contributed by atoms with E-state index in [4.69, 9.17) is 0 Å². The molecule has 0 N–H and O–H groups in total. The zero-order valence-corrected chi connectivity index (χ0v) is 13.8. The Balaban J connectivity index is 2.31. The molecule has 2 aromatic rings. The predicted molar refractivity (Wildman–Crippen MR) is 96.4 cm³/mol. The highest BCUT2D eigenvalue weighted by Gasteiger charge is 2.15. The lowest BCUT2D eigenvalue weighted by atomic mass is 9.85. The van der Waals surface area contributed by atoms with E-state index in [1.807, 2.05) is 18.2 Å². The highest BCUT2D eigenvalue weighted by Crippen LogP contribution is 2.34. The molecule has 114 valence electrons. The van der Waals surface area contributed by atoms with Gasteiger partial charge in [-0.15, -0.1) is 0 Å². The number of rotatable bonds is 2. The lowest BCUT2D eigenvalue weighted by Crippen LogP contribution is -2.01. The number of aryl methyl sites for hydroxylation is 3. The van der Waals surface area contributed by atoms with E-state index >= 15 is 0 Å². The maximum Gasteiger partial charge on any atom is 0.178 e. The summed E-state index contributed by atoms with van der Waals surface area (Å²) in [4.78, 5) is 11.5. The van der Waals surface area contributed by atoms with Crippen molar-refractivity contribution in [3.05, 3.63) is 100 Å². The second-order valence-electron chi connectivity index (χ2n) is 6.04. The van der Waals surface area contributed by atoms with Crippen molar-refractivity contribution in [2.75, 3.05) is 0 Å². The molecule has 3 rings (SSSR count). The molecule has 0 heterocycles. The van der Waals surface area contributed by atoms with Gasteiger partial charge >= 0.3 is 0 Å². The summed E-state index contributed by atoms with van der Waals surface area (Å²) >= 11 is 0. The summed E-state index contributed by atoms with van der Waals surface area (Å²) in [5, 5.41) is 0. The SMILES string of the molecule is Cc1cc(C)c(C(=C2C=CC(=O)C=C2)c2ccccc2)c(C)c1. The summed E-state index contributed by atoms with van der Waals surface area (Å²) in [5.74, 6) is 0.0403. The van der Waals surface area contributed by atoms with Crippen molar-refractivity contribution >= 4 is 11.4 Å². The van der Waals surface area contributed by atoms with Crippen molar-refractivity contribution in [1.29, 1.82) is 0 Å². The molecule has 0 radical (unpaired) electrons. The van der Waals surface area contributed by atoms with Crippen molar-refractivity contribution in [2.45, 2.75) is 20.8 Å². The van der Waals surface area contributed by atoms with E-state index in [-0.39, 0.29) is 5.78 Å². The summed E-state index contributed by atoms with van der Waals surface area (Å²) in [6.07, 6.45) is 7.11. The fraction of sp³-hybridized carbons (Fsp3) is 0.136. The standard InChI is InChI=1S/C22H20O/c1-15-13-16(2)21(17(3)14-15)22(18-7-5-4-6-8-18)19-9-11-20(23)12-10-19/h4-14H,1-3H3. The third-order valence-corrected chi connectivity index (χ3v) is 4.13. The van der Waals surface area contributed by atoms with Gasteiger partial charge < -0.3 is 0 Å². The van der Waals surface area contributed by atoms with Crippen molar-refractivity contribution < 1.29 is 4.79 Å². The molecule has 0 fully saturated rings. The van der Waals surface area contributed by atoms with Gasteiger partial charge in [0.1, 0.15) is 0 Å². The van der Waals surface area contributed by atoms with E-state index in [0.717, 1.165) is 5.57 Å². The Labute approximate surface area is 137 Å². The van der Waals surface area contributed by atoms with E-state index < -0.39 is 0 Å². The van der Waals surface area contributed by atoms with E-state index in [1.54, 1.807) is 12.2 Å². The lowest BCUT2D eigenvalue weighted by Gasteiger charge is -2.18. The Morgan fingerprint density at radius 1 is 0.783 bits per heavy atom. The van der Waals surface area contributed by atoms with Crippen LogP contribution in [0.4, 0.5) is 0 Å². The van der Waals surface area contributed by atoms with Gasteiger partial charge in [-0.2, -0.15) is 0 Å². The van der Waals surface area contributed by atoms with Gasteiger partial charge in [0.2, 0.25) is 0 Å². The molecule has 1 aliphatic carbocycles. The minimum atomic E-state index is 0.0403. The van der Waals surface area contributed by atoms with Gasteiger partial charge in [0.25, 0.3) is 0 Å². The average molecular weight is 300 g/mol. The highest BCUT2D eigenvalue weighted by atomic mass is 16.1. The highest BCUT2D eigenvalue weighted by molar-refractivity contribution is 6.03. The minimum Gasteiger partial charge on any atom is -0.290 e. The Kier molecular flexibility index (Phi) is 4.12. The van der Waals surface area contributed by atoms with Crippen molar-refractivity contribution in [3.63, 3.8) is 0 Å². The Bertz CT molecular complexity index is 808. The number of allylic oxidation sites excluding steroid dienone is 5. The largest absolute Gasteiger partial charge is 0.290 e. The normalized spacial score (nSPS) is 13.5. The maximum atomic E-state index is 11.5. The van der Waals surface area contributed by atoms with E-state index in [9.17, 15) is 4.79 Å². The summed E-state index contributed by atoms with van der Waals surface area (Å²) in [5.41, 5.74) is 8.46. The first-order valence-electron chi connectivity index (χ1n) is 7.84. The Hall–Kier alpha value is -2.67. The monoisotopic (exact) mass is 300 g/mol. The zero-order chi connectivity index (χ0) is 16.4. The smallest absolute Gasteiger partial charge is 0.178 e. The first-order valence-corrected chi connectivity index (χ1v) is 7.84. The molecule has 0 atom stereocenters. The third kappa shape index (κ3) is 3.09. The molecule has 0 unspecified atom stereocenters. The van der Waals surface area contributed by atoms with Gasteiger partial charge in [-0.05, 0) is 66.3 Å². The summed E-state index contributed by atoms with van der Waals surface area (Å²) < 4.78 is 0. The van der Waals surface area contributed by atoms with Crippen LogP contribution in [-0.4, -0.2) is 5.78 Å². The van der Waals surface area contributed by atoms with E-state index in [1.165, 1.54) is 33.4 Å². The number of carbonyl (C=O) groups excluding carboxylic acids is 1. The Morgan fingerprint density at radius 3 is 1.91 bits per heavy atom. The van der Waals surface area contributed by atoms with E-state index in [2.05, 4.69) is 57.2 Å². The van der Waals surface area contributed by atoms with Gasteiger partial charge in [-0.3, -0.25) is 4.79 Å². The minimum absolute atomic E-state index is 0.0403. The van der Waals surface area contributed by atoms with Crippen LogP contribution in [0.25, 0.3) is 5.57 Å². The number of hydrogen-bond donors (Lipinski definition) is 0. The molecule has 23 heavy (non-hydrogen) atoms. The van der Waals surface area contributed by atoms with Crippen LogP contribution in [0.1, 0.15) is 27.8 Å². The molecule has 0 saturated carbocycles. The van der Waals surface area contributed by atoms with Gasteiger partial charge in [0, 0.05) is 0 Å². The number of carbonyl (C=O) groups is 1. The number of ketones is 1. The molecule has 2 aromatic carbocycles. The molecule has 1 nitrogen and oxygen atoms in total. The van der Waals surface area contributed by atoms with Crippen LogP contribution in [0.15, 0.2) is 72.3 Å². The molecule has 0 aliphatic heterocycles. The predicted octanol–water partition coefficient (Wildman–Crippen LogP) is 5.11. The fourth-order valence-electron chi connectivity index (χ4n) is 3.26. The van der Waals surface area contributed by atoms with Crippen LogP contribution in [0.2, 0.25) is 0 Å². The van der Waals surface area contributed by atoms with Gasteiger partial charge in [-0.25, -0.2) is 0 Å². The summed E-state index contributed by atoms with van der Waals surface area (Å²) in [6.45, 7) is 6.43. The first-order chi connectivity index (χ1) is 11.1. The fourth-order valence-corrected chi connectivity index (χ4v) is 3.26. The molecule has 1 heteroatoms. The van der Waals surface area contributed by atoms with Crippen LogP contribution in [0, 0.1) is 20.8 Å². The van der Waals surface area contributed by atoms with Crippen molar-refractivity contribution in [1.82, 2.24) is 0 Å². The molecule has 1 aliphatic rings. The van der Waals surface area contributed by atoms with Crippen LogP contribution >= 0.6 is 0 Å². The summed E-state index contributed by atoms with van der Waals surface area (Å²) in [7, 11) is 0. The van der Waals surface area contributed by atoms with Gasteiger partial charge in [0.05, 0.1) is 0 Å². The first kappa shape index (κ1) is 15.2. The molecule has 0 aromatic heterocycles. The molecule has 0 amide bonds. The summed E-state index contributed by atoms with van der Waals surface area (Å²) in [6, 6.07) is 14.8. The lowest BCUT2D eigenvalue weighted by molar-refractivity contribution is -0.110. The van der Waals surface area contributed by atoms with Crippen LogP contribution < -0.4 is 0 Å². The Morgan fingerprint density at radius 2 is 1.35 bits per heavy atom. The third-order valence-electron chi connectivity index (χ3n) is 4.13. The number of benzene rings is 2. The van der Waals surface area contributed by atoms with Crippen molar-refractivity contribution in [3.8, 4) is 0 Å². The van der Waals surface area contributed by atoms with Crippen LogP contribution in [0.5, 0.6) is 0 Å². The van der Waals surface area contributed by atoms with E-state index in [0.29, 0.717) is 0 Å². The second kappa shape index (κ2) is 6.21. The van der Waals surface area contributed by atoms with Crippen LogP contribution in [0.3, 0.4) is 0 Å². The number of hydrogen-bond acceptors (Lipinski definition) is 1. The molecular formula is C22H20O. The average Bonchev–Trinajstić information content (AvgIpc) is 2.53. The topological polar surface area (TPSA) is 17.1 Å². The molecular weight excluding hydrogens is 280 g/mol. The second-order valence-corrected chi connectivity index (χ2v) is 6.04. The maximum absolute atomic E-state index is 11.5. The zero-order valence-electron chi connectivity index (χ0n) is 13.8. The van der Waals surface area contributed by atoms with Gasteiger partial charge in [-0.1, -0.05) is 60.2 Å². The van der Waals surface area contributed by atoms with Crippen molar-refractivity contribution in [2.24, 2.45) is 0 Å². The van der Waals surface area contributed by atoms with Gasteiger partial charge in [0.15, 0.2) is 5.78 Å². The molecule has 0 bridgehead atoms. The molecule has 0 spiro atoms. The quantitative estimate of drug-likeness (QED) is 0.753. The molecule has 0 saturated heterocycles.